The van der Waals surface area contributed by atoms with Gasteiger partial charge in [0, 0.05) is 0 Å². The molecule has 64 valence electrons. The van der Waals surface area contributed by atoms with Crippen molar-refractivity contribution in [2.24, 2.45) is 0 Å². The minimum Gasteiger partial charge on any atom is -0.376 e. The van der Waals surface area contributed by atoms with Crippen molar-refractivity contribution >= 4 is 0 Å². The fourth-order valence-corrected chi connectivity index (χ4v) is 0.886. The van der Waals surface area contributed by atoms with E-state index in [0.717, 1.165) is 5.56 Å². The Bertz CT molecular complexity index is 370. The van der Waals surface area contributed by atoms with E-state index in [1.54, 1.807) is 6.92 Å². The van der Waals surface area contributed by atoms with Gasteiger partial charge in [-0.15, -0.1) is 0 Å². The number of hydrogen-bond donors (Lipinski definition) is 1. The van der Waals surface area contributed by atoms with Gasteiger partial charge in [0.1, 0.15) is 6.10 Å². The number of aliphatic hydroxyl groups excluding tert-OH is 1. The molecule has 1 aromatic rings. The van der Waals surface area contributed by atoms with Crippen LogP contribution < -0.4 is 0 Å². The van der Waals surface area contributed by atoms with Gasteiger partial charge in [-0.1, -0.05) is 42.2 Å². The van der Waals surface area contributed by atoms with Crippen LogP contribution in [0.25, 0.3) is 0 Å². The van der Waals surface area contributed by atoms with Crippen molar-refractivity contribution < 1.29 is 5.11 Å². The molecule has 1 rings (SSSR count). The second-order valence-electron chi connectivity index (χ2n) is 2.46. The highest BCUT2D eigenvalue weighted by Crippen LogP contribution is 2.09. The monoisotopic (exact) mass is 170 g/mol. The lowest BCUT2D eigenvalue weighted by molar-refractivity contribution is 0.238. The third-order valence-corrected chi connectivity index (χ3v) is 1.51. The van der Waals surface area contributed by atoms with Crippen LogP contribution in [0.2, 0.25) is 0 Å². The van der Waals surface area contributed by atoms with Gasteiger partial charge in [0.2, 0.25) is 0 Å². The van der Waals surface area contributed by atoms with Crippen LogP contribution in [0, 0.1) is 23.7 Å². The first-order chi connectivity index (χ1) is 6.34. The molecule has 0 unspecified atom stereocenters. The van der Waals surface area contributed by atoms with Crippen LogP contribution >= 0.6 is 0 Å². The van der Waals surface area contributed by atoms with Crippen LogP contribution in [0.3, 0.4) is 0 Å². The number of hydrogen-bond acceptors (Lipinski definition) is 1. The fraction of sp³-hybridized carbons (Fsp3) is 0.167. The molecule has 0 heterocycles. The maximum absolute atomic E-state index is 9.51. The molecule has 0 saturated heterocycles. The van der Waals surface area contributed by atoms with E-state index in [1.165, 1.54) is 0 Å². The molecule has 1 N–H and O–H groups in total. The maximum atomic E-state index is 9.51. The molecule has 0 aliphatic rings. The summed E-state index contributed by atoms with van der Waals surface area (Å²) >= 11 is 0. The molecule has 1 nitrogen and oxygen atoms in total. The molecule has 1 heteroatoms. The summed E-state index contributed by atoms with van der Waals surface area (Å²) < 4.78 is 0. The fourth-order valence-electron chi connectivity index (χ4n) is 0.886. The first-order valence-electron chi connectivity index (χ1n) is 4.00. The Kier molecular flexibility index (Phi) is 3.64. The predicted molar refractivity (Wildman–Crippen MR) is 52.6 cm³/mol. The topological polar surface area (TPSA) is 20.2 Å². The van der Waals surface area contributed by atoms with Gasteiger partial charge in [-0.3, -0.25) is 0 Å². The van der Waals surface area contributed by atoms with Gasteiger partial charge in [0.25, 0.3) is 0 Å². The van der Waals surface area contributed by atoms with Crippen molar-refractivity contribution in [3.8, 4) is 23.7 Å². The first-order valence-corrected chi connectivity index (χ1v) is 4.00. The summed E-state index contributed by atoms with van der Waals surface area (Å²) in [4.78, 5) is 0. The van der Waals surface area contributed by atoms with Gasteiger partial charge in [-0.05, 0) is 24.3 Å². The number of aliphatic hydroxyl groups is 1. The molecular formula is C12H10O. The predicted octanol–water partition coefficient (Wildman–Crippen LogP) is 1.75. The Hall–Kier alpha value is -1.70. The van der Waals surface area contributed by atoms with Crippen LogP contribution in [0.1, 0.15) is 18.6 Å². The smallest absolute Gasteiger partial charge is 0.141 e. The van der Waals surface area contributed by atoms with Gasteiger partial charge in [-0.2, -0.15) is 0 Å². The van der Waals surface area contributed by atoms with E-state index in [9.17, 15) is 5.11 Å². The second-order valence-corrected chi connectivity index (χ2v) is 2.46. The van der Waals surface area contributed by atoms with Crippen molar-refractivity contribution in [2.75, 3.05) is 0 Å². The van der Waals surface area contributed by atoms with E-state index in [0.29, 0.717) is 0 Å². The highest BCUT2D eigenvalue weighted by atomic mass is 16.3. The zero-order valence-corrected chi connectivity index (χ0v) is 7.41. The molecule has 0 radical (unpaired) electrons. The molecule has 0 spiro atoms. The largest absolute Gasteiger partial charge is 0.376 e. The van der Waals surface area contributed by atoms with Crippen LogP contribution in [-0.2, 0) is 0 Å². The first kappa shape index (κ1) is 9.39. The Morgan fingerprint density at radius 2 is 1.85 bits per heavy atom. The normalized spacial score (nSPS) is 10.3. The SMILES string of the molecule is CC#CC#C[C@H](O)c1ccccc1. The van der Waals surface area contributed by atoms with Crippen molar-refractivity contribution in [1.82, 2.24) is 0 Å². The molecule has 0 aliphatic heterocycles. The van der Waals surface area contributed by atoms with Crippen molar-refractivity contribution in [2.45, 2.75) is 13.0 Å². The summed E-state index contributed by atoms with van der Waals surface area (Å²) in [5.41, 5.74) is 0.799. The maximum Gasteiger partial charge on any atom is 0.141 e. The molecule has 1 aromatic carbocycles. The second kappa shape index (κ2) is 5.04. The van der Waals surface area contributed by atoms with E-state index in [-0.39, 0.29) is 0 Å². The summed E-state index contributed by atoms with van der Waals surface area (Å²) in [7, 11) is 0. The minimum absolute atomic E-state index is 0.734. The average Bonchev–Trinajstić information content (AvgIpc) is 2.19. The molecule has 0 bridgehead atoms. The summed E-state index contributed by atoms with van der Waals surface area (Å²) in [5, 5.41) is 9.51. The molecule has 0 saturated carbocycles. The van der Waals surface area contributed by atoms with Crippen molar-refractivity contribution in [3.63, 3.8) is 0 Å². The van der Waals surface area contributed by atoms with Gasteiger partial charge >= 0.3 is 0 Å². The van der Waals surface area contributed by atoms with Crippen LogP contribution in [0.4, 0.5) is 0 Å². The molecule has 0 aromatic heterocycles. The van der Waals surface area contributed by atoms with E-state index < -0.39 is 6.10 Å². The van der Waals surface area contributed by atoms with Crippen LogP contribution in [-0.4, -0.2) is 5.11 Å². The van der Waals surface area contributed by atoms with Crippen molar-refractivity contribution in [3.05, 3.63) is 35.9 Å². The van der Waals surface area contributed by atoms with E-state index in [2.05, 4.69) is 23.7 Å². The minimum atomic E-state index is -0.734. The van der Waals surface area contributed by atoms with Crippen LogP contribution in [0.15, 0.2) is 30.3 Å². The molecule has 0 aliphatic carbocycles. The van der Waals surface area contributed by atoms with Gasteiger partial charge < -0.3 is 5.11 Å². The Morgan fingerprint density at radius 1 is 1.15 bits per heavy atom. The quantitative estimate of drug-likeness (QED) is 0.636. The van der Waals surface area contributed by atoms with Gasteiger partial charge in [0.15, 0.2) is 0 Å². The highest BCUT2D eigenvalue weighted by Gasteiger charge is 1.99. The Morgan fingerprint density at radius 3 is 2.46 bits per heavy atom. The number of benzene rings is 1. The molecular weight excluding hydrogens is 160 g/mol. The zero-order chi connectivity index (χ0) is 9.52. The number of rotatable bonds is 1. The van der Waals surface area contributed by atoms with E-state index in [1.807, 2.05) is 30.3 Å². The van der Waals surface area contributed by atoms with Gasteiger partial charge in [0.05, 0.1) is 0 Å². The van der Waals surface area contributed by atoms with E-state index >= 15 is 0 Å². The molecule has 13 heavy (non-hydrogen) atoms. The third kappa shape index (κ3) is 3.03. The summed E-state index contributed by atoms with van der Waals surface area (Å²) in [5.74, 6) is 10.4. The molecule has 0 amide bonds. The molecule has 1 atom stereocenters. The van der Waals surface area contributed by atoms with Crippen LogP contribution in [0.5, 0.6) is 0 Å². The Labute approximate surface area is 78.4 Å². The third-order valence-electron chi connectivity index (χ3n) is 1.51. The highest BCUT2D eigenvalue weighted by molar-refractivity contribution is 5.31. The Balaban J connectivity index is 2.75. The van der Waals surface area contributed by atoms with Crippen molar-refractivity contribution in [1.29, 1.82) is 0 Å². The summed E-state index contributed by atoms with van der Waals surface area (Å²) in [6, 6.07) is 9.30. The molecule has 0 fully saturated rings. The lowest BCUT2D eigenvalue weighted by atomic mass is 10.1. The van der Waals surface area contributed by atoms with E-state index in [4.69, 9.17) is 0 Å². The lowest BCUT2D eigenvalue weighted by Gasteiger charge is -2.00. The summed E-state index contributed by atoms with van der Waals surface area (Å²) in [6.45, 7) is 1.71. The van der Waals surface area contributed by atoms with Gasteiger partial charge in [-0.25, -0.2) is 0 Å². The standard InChI is InChI=1S/C12H10O/c1-2-3-5-10-12(13)11-8-6-4-7-9-11/h4,6-9,12-13H,1H3/t12-/m0/s1. The zero-order valence-electron chi connectivity index (χ0n) is 7.41. The summed E-state index contributed by atoms with van der Waals surface area (Å²) in [6.07, 6.45) is -0.734. The lowest BCUT2D eigenvalue weighted by Crippen LogP contribution is -1.91. The average molecular weight is 170 g/mol.